The average Bonchev–Trinajstić information content (AvgIpc) is 2.38. The maximum atomic E-state index is 14.2. The lowest BCUT2D eigenvalue weighted by Gasteiger charge is -2.21. The van der Waals surface area contributed by atoms with Crippen LogP contribution in [0.15, 0.2) is 40.9 Å². The summed E-state index contributed by atoms with van der Waals surface area (Å²) in [6, 6.07) is 11.3. The number of hydrogen-bond acceptors (Lipinski definition) is 1. The quantitative estimate of drug-likeness (QED) is 0.837. The topological polar surface area (TPSA) is 12.0 Å². The van der Waals surface area contributed by atoms with Gasteiger partial charge in [0, 0.05) is 10.0 Å². The molecule has 0 saturated heterocycles. The van der Waals surface area contributed by atoms with Crippen LogP contribution in [-0.4, -0.2) is 6.54 Å². The molecule has 0 fully saturated rings. The third kappa shape index (κ3) is 3.47. The Morgan fingerprint density at radius 2 is 1.75 bits per heavy atom. The van der Waals surface area contributed by atoms with E-state index in [0.29, 0.717) is 5.56 Å². The molecule has 1 N–H and O–H groups in total. The minimum atomic E-state index is -0.182. The van der Waals surface area contributed by atoms with E-state index in [-0.39, 0.29) is 11.9 Å². The highest BCUT2D eigenvalue weighted by atomic mass is 79.9. The van der Waals surface area contributed by atoms with Gasteiger partial charge in [-0.3, -0.25) is 0 Å². The zero-order valence-electron chi connectivity index (χ0n) is 12.0. The van der Waals surface area contributed by atoms with E-state index in [9.17, 15) is 4.39 Å². The van der Waals surface area contributed by atoms with E-state index in [1.54, 1.807) is 6.07 Å². The fourth-order valence-electron chi connectivity index (χ4n) is 2.52. The van der Waals surface area contributed by atoms with Gasteiger partial charge in [0.05, 0.1) is 6.04 Å². The van der Waals surface area contributed by atoms with E-state index in [2.05, 4.69) is 53.3 Å². The first-order valence-corrected chi connectivity index (χ1v) is 7.57. The van der Waals surface area contributed by atoms with Gasteiger partial charge in [-0.1, -0.05) is 52.2 Å². The average molecular weight is 336 g/mol. The fraction of sp³-hybridized carbons (Fsp3) is 0.294. The van der Waals surface area contributed by atoms with Crippen molar-refractivity contribution < 1.29 is 4.39 Å². The second kappa shape index (κ2) is 6.51. The molecule has 0 bridgehead atoms. The van der Waals surface area contributed by atoms with Gasteiger partial charge in [0.25, 0.3) is 0 Å². The lowest BCUT2D eigenvalue weighted by molar-refractivity contribution is 0.558. The summed E-state index contributed by atoms with van der Waals surface area (Å²) >= 11 is 3.42. The molecular formula is C17H19BrFN. The zero-order valence-corrected chi connectivity index (χ0v) is 13.6. The minimum Gasteiger partial charge on any atom is -0.306 e. The van der Waals surface area contributed by atoms with Gasteiger partial charge in [0.15, 0.2) is 0 Å². The molecule has 1 nitrogen and oxygen atoms in total. The number of halogens is 2. The fourth-order valence-corrected chi connectivity index (χ4v) is 2.90. The summed E-state index contributed by atoms with van der Waals surface area (Å²) in [5.74, 6) is -0.182. The molecule has 0 aliphatic rings. The smallest absolute Gasteiger partial charge is 0.128 e. The normalized spacial score (nSPS) is 12.4. The summed E-state index contributed by atoms with van der Waals surface area (Å²) in [7, 11) is 0. The molecule has 1 unspecified atom stereocenters. The van der Waals surface area contributed by atoms with Gasteiger partial charge in [-0.25, -0.2) is 4.39 Å². The van der Waals surface area contributed by atoms with Crippen LogP contribution in [-0.2, 0) is 0 Å². The molecule has 0 aliphatic carbocycles. The lowest BCUT2D eigenvalue weighted by atomic mass is 9.95. The molecule has 0 amide bonds. The van der Waals surface area contributed by atoms with Crippen LogP contribution in [0.2, 0.25) is 0 Å². The number of nitrogens with one attached hydrogen (secondary N) is 1. The van der Waals surface area contributed by atoms with E-state index in [4.69, 9.17) is 0 Å². The monoisotopic (exact) mass is 335 g/mol. The van der Waals surface area contributed by atoms with Crippen molar-refractivity contribution in [2.75, 3.05) is 6.54 Å². The molecule has 3 heteroatoms. The van der Waals surface area contributed by atoms with Crippen LogP contribution in [0.5, 0.6) is 0 Å². The summed E-state index contributed by atoms with van der Waals surface area (Å²) in [5, 5.41) is 3.38. The molecule has 2 rings (SSSR count). The molecule has 1 atom stereocenters. The Labute approximate surface area is 128 Å². The molecule has 2 aromatic rings. The Hall–Kier alpha value is -1.19. The number of benzene rings is 2. The van der Waals surface area contributed by atoms with Crippen molar-refractivity contribution in [3.8, 4) is 0 Å². The summed E-state index contributed by atoms with van der Waals surface area (Å²) in [6.07, 6.45) is 0. The first-order chi connectivity index (χ1) is 9.51. The van der Waals surface area contributed by atoms with Crippen molar-refractivity contribution in [3.63, 3.8) is 0 Å². The van der Waals surface area contributed by atoms with Crippen LogP contribution < -0.4 is 5.32 Å². The lowest BCUT2D eigenvalue weighted by Crippen LogP contribution is -2.23. The number of hydrogen-bond donors (Lipinski definition) is 1. The van der Waals surface area contributed by atoms with Crippen LogP contribution in [0.1, 0.15) is 35.2 Å². The van der Waals surface area contributed by atoms with Crippen molar-refractivity contribution in [3.05, 3.63) is 68.9 Å². The van der Waals surface area contributed by atoms with E-state index >= 15 is 0 Å². The second-order valence-electron chi connectivity index (χ2n) is 5.08. The molecule has 106 valence electrons. The molecule has 0 spiro atoms. The van der Waals surface area contributed by atoms with Crippen LogP contribution in [0.3, 0.4) is 0 Å². The van der Waals surface area contributed by atoms with Crippen LogP contribution >= 0.6 is 15.9 Å². The maximum absolute atomic E-state index is 14.2. The van der Waals surface area contributed by atoms with Crippen LogP contribution in [0, 0.1) is 19.7 Å². The third-order valence-corrected chi connectivity index (χ3v) is 3.75. The molecular weight excluding hydrogens is 317 g/mol. The number of aryl methyl sites for hydroxylation is 2. The number of rotatable bonds is 4. The van der Waals surface area contributed by atoms with Gasteiger partial charge in [-0.2, -0.15) is 0 Å². The minimum absolute atomic E-state index is 0.129. The summed E-state index contributed by atoms with van der Waals surface area (Å²) < 4.78 is 15.1. The first-order valence-electron chi connectivity index (χ1n) is 6.77. The Bertz CT molecular complexity index is 590. The Balaban J connectivity index is 2.52. The van der Waals surface area contributed by atoms with E-state index in [0.717, 1.165) is 16.6 Å². The van der Waals surface area contributed by atoms with Crippen LogP contribution in [0.4, 0.5) is 4.39 Å². The van der Waals surface area contributed by atoms with Crippen molar-refractivity contribution in [2.24, 2.45) is 0 Å². The standard InChI is InChI=1S/C17H19BrFN/c1-4-20-17(13-8-11(2)7-12(3)9-13)15-10-14(18)5-6-16(15)19/h5-10,17,20H,4H2,1-3H3. The molecule has 0 heterocycles. The van der Waals surface area contributed by atoms with Crippen molar-refractivity contribution in [1.29, 1.82) is 0 Å². The van der Waals surface area contributed by atoms with Gasteiger partial charge in [0.1, 0.15) is 5.82 Å². The summed E-state index contributed by atoms with van der Waals surface area (Å²) in [6.45, 7) is 6.95. The van der Waals surface area contributed by atoms with Gasteiger partial charge in [0.2, 0.25) is 0 Å². The largest absolute Gasteiger partial charge is 0.306 e. The van der Waals surface area contributed by atoms with Crippen molar-refractivity contribution in [2.45, 2.75) is 26.8 Å². The second-order valence-corrected chi connectivity index (χ2v) is 5.99. The van der Waals surface area contributed by atoms with Gasteiger partial charge in [-0.05, 0) is 44.2 Å². The SMILES string of the molecule is CCNC(c1cc(C)cc(C)c1)c1cc(Br)ccc1F. The highest BCUT2D eigenvalue weighted by Gasteiger charge is 2.18. The zero-order chi connectivity index (χ0) is 14.7. The van der Waals surface area contributed by atoms with Crippen molar-refractivity contribution >= 4 is 15.9 Å². The molecule has 0 aromatic heterocycles. The van der Waals surface area contributed by atoms with Gasteiger partial charge < -0.3 is 5.32 Å². The van der Waals surface area contributed by atoms with E-state index < -0.39 is 0 Å². The van der Waals surface area contributed by atoms with Gasteiger partial charge in [-0.15, -0.1) is 0 Å². The predicted octanol–water partition coefficient (Wildman–Crippen LogP) is 4.90. The first kappa shape index (κ1) is 15.2. The molecule has 2 aromatic carbocycles. The highest BCUT2D eigenvalue weighted by Crippen LogP contribution is 2.28. The van der Waals surface area contributed by atoms with Crippen LogP contribution in [0.25, 0.3) is 0 Å². The highest BCUT2D eigenvalue weighted by molar-refractivity contribution is 9.10. The van der Waals surface area contributed by atoms with Crippen molar-refractivity contribution in [1.82, 2.24) is 5.32 Å². The predicted molar refractivity (Wildman–Crippen MR) is 85.5 cm³/mol. The molecule has 0 aliphatic heterocycles. The summed E-state index contributed by atoms with van der Waals surface area (Å²) in [4.78, 5) is 0. The molecule has 0 radical (unpaired) electrons. The summed E-state index contributed by atoms with van der Waals surface area (Å²) in [5.41, 5.74) is 4.16. The molecule has 0 saturated carbocycles. The maximum Gasteiger partial charge on any atom is 0.128 e. The van der Waals surface area contributed by atoms with Gasteiger partial charge >= 0.3 is 0 Å². The Morgan fingerprint density at radius 3 is 2.35 bits per heavy atom. The van der Waals surface area contributed by atoms with E-state index in [1.165, 1.54) is 17.2 Å². The van der Waals surface area contributed by atoms with E-state index in [1.807, 2.05) is 13.0 Å². The molecule has 20 heavy (non-hydrogen) atoms. The Kier molecular flexibility index (Phi) is 4.95. The Morgan fingerprint density at radius 1 is 1.10 bits per heavy atom. The third-order valence-electron chi connectivity index (χ3n) is 3.25.